The molecule has 0 unspecified atom stereocenters. The minimum atomic E-state index is -0.167. The van der Waals surface area contributed by atoms with Crippen LogP contribution >= 0.6 is 0 Å². The van der Waals surface area contributed by atoms with E-state index in [4.69, 9.17) is 4.74 Å². The van der Waals surface area contributed by atoms with E-state index in [1.54, 1.807) is 0 Å². The fourth-order valence-corrected chi connectivity index (χ4v) is 4.21. The lowest BCUT2D eigenvalue weighted by molar-refractivity contribution is 0.260. The average molecular weight is 389 g/mol. The van der Waals surface area contributed by atoms with Crippen LogP contribution in [0.25, 0.3) is 11.1 Å². The van der Waals surface area contributed by atoms with Crippen LogP contribution in [0.3, 0.4) is 0 Å². The first-order chi connectivity index (χ1) is 14.7. The van der Waals surface area contributed by atoms with Gasteiger partial charge in [0.05, 0.1) is 0 Å². The molecule has 0 saturated carbocycles. The molecule has 1 aliphatic rings. The second-order valence-corrected chi connectivity index (χ2v) is 7.93. The molecule has 5 rings (SSSR count). The second kappa shape index (κ2) is 7.68. The molecule has 0 bridgehead atoms. The molecule has 0 aliphatic carbocycles. The minimum absolute atomic E-state index is 0.167. The minimum Gasteiger partial charge on any atom is -0.480 e. The quantitative estimate of drug-likeness (QED) is 0.355. The summed E-state index contributed by atoms with van der Waals surface area (Å²) >= 11 is 0. The van der Waals surface area contributed by atoms with Crippen molar-refractivity contribution in [2.75, 3.05) is 0 Å². The highest BCUT2D eigenvalue weighted by atomic mass is 16.5. The van der Waals surface area contributed by atoms with Gasteiger partial charge in [-0.2, -0.15) is 0 Å². The Morgan fingerprint density at radius 2 is 1.23 bits per heavy atom. The van der Waals surface area contributed by atoms with E-state index in [2.05, 4.69) is 117 Å². The molecule has 0 amide bonds. The van der Waals surface area contributed by atoms with E-state index in [0.29, 0.717) is 0 Å². The van der Waals surface area contributed by atoms with Gasteiger partial charge in [-0.05, 0) is 42.7 Å². The van der Waals surface area contributed by atoms with E-state index in [1.807, 2.05) is 0 Å². The summed E-state index contributed by atoms with van der Waals surface area (Å²) in [6.07, 6.45) is -0.167. The van der Waals surface area contributed by atoms with Crippen LogP contribution in [-0.4, -0.2) is 0 Å². The Labute approximate surface area is 178 Å². The first kappa shape index (κ1) is 18.4. The van der Waals surface area contributed by atoms with Crippen molar-refractivity contribution in [3.63, 3.8) is 0 Å². The van der Waals surface area contributed by atoms with Gasteiger partial charge in [-0.15, -0.1) is 0 Å². The number of ether oxygens (including phenoxy) is 1. The van der Waals surface area contributed by atoms with Gasteiger partial charge in [-0.25, -0.2) is 0 Å². The van der Waals surface area contributed by atoms with Gasteiger partial charge in [0.25, 0.3) is 0 Å². The number of benzene rings is 4. The normalized spacial score (nSPS) is 15.5. The number of fused-ring (bicyclic) bond motifs is 1. The molecule has 30 heavy (non-hydrogen) atoms. The molecule has 0 spiro atoms. The zero-order valence-electron chi connectivity index (χ0n) is 17.3. The fraction of sp³-hybridized carbons (Fsp3) is 0.103. The van der Waals surface area contributed by atoms with Crippen molar-refractivity contribution in [3.05, 3.63) is 137 Å². The molecular weight excluding hydrogens is 364 g/mol. The topological polar surface area (TPSA) is 9.23 Å². The Balaban J connectivity index is 1.86. The standard InChI is InChI=1S/C29H24O/c1-20-13-16-23(17-14-20)27-25-19-21(2)15-18-26(25)30-29(24-11-7-4-8-12-24)28(27)22-9-5-3-6-10-22/h3-19,29H,1-2H3/t29-/m0/s1. The van der Waals surface area contributed by atoms with Crippen molar-refractivity contribution in [2.24, 2.45) is 0 Å². The van der Waals surface area contributed by atoms with E-state index < -0.39 is 0 Å². The predicted molar refractivity (Wildman–Crippen MR) is 125 cm³/mol. The van der Waals surface area contributed by atoms with Crippen LogP contribution in [0.1, 0.15) is 39.5 Å². The first-order valence-electron chi connectivity index (χ1n) is 10.4. The Morgan fingerprint density at radius 3 is 1.93 bits per heavy atom. The van der Waals surface area contributed by atoms with E-state index in [-0.39, 0.29) is 6.10 Å². The summed E-state index contributed by atoms with van der Waals surface area (Å²) < 4.78 is 6.66. The van der Waals surface area contributed by atoms with Gasteiger partial charge in [-0.3, -0.25) is 0 Å². The smallest absolute Gasteiger partial charge is 0.150 e. The highest BCUT2D eigenvalue weighted by molar-refractivity contribution is 6.03. The Hall–Kier alpha value is -3.58. The summed E-state index contributed by atoms with van der Waals surface area (Å²) in [6, 6.07) is 36.5. The van der Waals surface area contributed by atoms with Gasteiger partial charge in [0.2, 0.25) is 0 Å². The average Bonchev–Trinajstić information content (AvgIpc) is 2.80. The van der Waals surface area contributed by atoms with Crippen molar-refractivity contribution in [1.82, 2.24) is 0 Å². The molecule has 0 saturated heterocycles. The van der Waals surface area contributed by atoms with Gasteiger partial charge in [-0.1, -0.05) is 102 Å². The number of aryl methyl sites for hydroxylation is 2. The molecule has 1 heterocycles. The molecule has 4 aromatic carbocycles. The first-order valence-corrected chi connectivity index (χ1v) is 10.4. The maximum atomic E-state index is 6.66. The zero-order valence-corrected chi connectivity index (χ0v) is 17.3. The van der Waals surface area contributed by atoms with Crippen LogP contribution < -0.4 is 4.74 Å². The monoisotopic (exact) mass is 388 g/mol. The van der Waals surface area contributed by atoms with Crippen molar-refractivity contribution in [2.45, 2.75) is 20.0 Å². The molecule has 146 valence electrons. The van der Waals surface area contributed by atoms with Crippen molar-refractivity contribution in [1.29, 1.82) is 0 Å². The third kappa shape index (κ3) is 3.33. The van der Waals surface area contributed by atoms with Crippen LogP contribution in [0, 0.1) is 13.8 Å². The van der Waals surface area contributed by atoms with E-state index in [0.717, 1.165) is 16.9 Å². The van der Waals surface area contributed by atoms with E-state index >= 15 is 0 Å². The molecule has 1 aliphatic heterocycles. The molecule has 1 nitrogen and oxygen atoms in total. The molecule has 0 aromatic heterocycles. The van der Waals surface area contributed by atoms with Crippen molar-refractivity contribution in [3.8, 4) is 5.75 Å². The predicted octanol–water partition coefficient (Wildman–Crippen LogP) is 7.40. The van der Waals surface area contributed by atoms with E-state index in [9.17, 15) is 0 Å². The molecule has 1 atom stereocenters. The number of rotatable bonds is 3. The lowest BCUT2D eigenvalue weighted by atomic mass is 9.82. The maximum absolute atomic E-state index is 6.66. The molecule has 1 heteroatoms. The van der Waals surface area contributed by atoms with E-state index in [1.165, 1.54) is 33.4 Å². The van der Waals surface area contributed by atoms with Gasteiger partial charge in [0.1, 0.15) is 5.75 Å². The van der Waals surface area contributed by atoms with Crippen LogP contribution in [0.2, 0.25) is 0 Å². The molecule has 0 radical (unpaired) electrons. The number of hydrogen-bond acceptors (Lipinski definition) is 1. The van der Waals surface area contributed by atoms with Gasteiger partial charge in [0, 0.05) is 16.7 Å². The third-order valence-electron chi connectivity index (χ3n) is 5.71. The summed E-state index contributed by atoms with van der Waals surface area (Å²) in [7, 11) is 0. The van der Waals surface area contributed by atoms with Gasteiger partial charge in [0.15, 0.2) is 6.10 Å². The lowest BCUT2D eigenvalue weighted by Gasteiger charge is -2.32. The second-order valence-electron chi connectivity index (χ2n) is 7.93. The van der Waals surface area contributed by atoms with Crippen LogP contribution in [0.15, 0.2) is 103 Å². The zero-order chi connectivity index (χ0) is 20.5. The van der Waals surface area contributed by atoms with Crippen molar-refractivity contribution >= 4 is 11.1 Å². The largest absolute Gasteiger partial charge is 0.480 e. The SMILES string of the molecule is Cc1ccc(C2=C(c3ccccc3)[C@H](c3ccccc3)Oc3ccc(C)cc32)cc1. The summed E-state index contributed by atoms with van der Waals surface area (Å²) in [6.45, 7) is 4.27. The van der Waals surface area contributed by atoms with Gasteiger partial charge < -0.3 is 4.74 Å². The summed E-state index contributed by atoms with van der Waals surface area (Å²) in [5.41, 5.74) is 9.68. The summed E-state index contributed by atoms with van der Waals surface area (Å²) in [5, 5.41) is 0. The highest BCUT2D eigenvalue weighted by Gasteiger charge is 2.31. The van der Waals surface area contributed by atoms with Crippen LogP contribution in [0.5, 0.6) is 5.75 Å². The molecule has 0 fully saturated rings. The molecule has 0 N–H and O–H groups in total. The Bertz CT molecular complexity index is 1200. The van der Waals surface area contributed by atoms with Crippen LogP contribution in [-0.2, 0) is 0 Å². The maximum Gasteiger partial charge on any atom is 0.150 e. The fourth-order valence-electron chi connectivity index (χ4n) is 4.21. The Kier molecular flexibility index (Phi) is 4.72. The summed E-state index contributed by atoms with van der Waals surface area (Å²) in [4.78, 5) is 0. The van der Waals surface area contributed by atoms with Crippen LogP contribution in [0.4, 0.5) is 0 Å². The molecule has 4 aromatic rings. The third-order valence-corrected chi connectivity index (χ3v) is 5.71. The summed E-state index contributed by atoms with van der Waals surface area (Å²) in [5.74, 6) is 0.935. The van der Waals surface area contributed by atoms with Crippen molar-refractivity contribution < 1.29 is 4.74 Å². The molecular formula is C29H24O. The van der Waals surface area contributed by atoms with Gasteiger partial charge >= 0.3 is 0 Å². The number of hydrogen-bond donors (Lipinski definition) is 0. The highest BCUT2D eigenvalue weighted by Crippen LogP contribution is 2.49. The lowest BCUT2D eigenvalue weighted by Crippen LogP contribution is -2.17. The Morgan fingerprint density at radius 1 is 0.600 bits per heavy atom.